The van der Waals surface area contributed by atoms with Gasteiger partial charge >= 0.3 is 12.1 Å². The van der Waals surface area contributed by atoms with Crippen LogP contribution in [0.4, 0.5) is 13.2 Å². The summed E-state index contributed by atoms with van der Waals surface area (Å²) in [5.41, 5.74) is -3.65. The molecule has 0 saturated carbocycles. The zero-order chi connectivity index (χ0) is 20.3. The maximum atomic E-state index is 13.6. The van der Waals surface area contributed by atoms with Crippen LogP contribution in [0.1, 0.15) is 18.9 Å². The third-order valence-electron chi connectivity index (χ3n) is 3.42. The summed E-state index contributed by atoms with van der Waals surface area (Å²) in [5.74, 6) is 8.20. The second-order valence-corrected chi connectivity index (χ2v) is 5.23. The van der Waals surface area contributed by atoms with Gasteiger partial charge < -0.3 is 14.6 Å². The van der Waals surface area contributed by atoms with E-state index >= 15 is 0 Å². The molecule has 0 aromatic heterocycles. The van der Waals surface area contributed by atoms with Crippen molar-refractivity contribution in [3.05, 3.63) is 48.0 Å². The highest BCUT2D eigenvalue weighted by Crippen LogP contribution is 2.42. The molecule has 1 aromatic carbocycles. The summed E-state index contributed by atoms with van der Waals surface area (Å²) in [6, 6.07) is 6.48. The van der Waals surface area contributed by atoms with Gasteiger partial charge in [-0.25, -0.2) is 4.79 Å². The lowest BCUT2D eigenvalue weighted by Crippen LogP contribution is -2.51. The summed E-state index contributed by atoms with van der Waals surface area (Å²) in [5, 5.41) is 9.65. The highest BCUT2D eigenvalue weighted by atomic mass is 19.4. The first kappa shape index (κ1) is 22.3. The Hall–Kier alpha value is -2.74. The molecule has 7 heteroatoms. The van der Waals surface area contributed by atoms with Gasteiger partial charge in [-0.2, -0.15) is 13.2 Å². The van der Waals surface area contributed by atoms with Gasteiger partial charge in [0.1, 0.15) is 6.10 Å². The third-order valence-corrected chi connectivity index (χ3v) is 3.42. The summed E-state index contributed by atoms with van der Waals surface area (Å²) in [6.45, 7) is 1.31. The minimum absolute atomic E-state index is 0.170. The van der Waals surface area contributed by atoms with Gasteiger partial charge in [-0.3, -0.25) is 0 Å². The number of hydrogen-bond donors (Lipinski definition) is 1. The average Bonchev–Trinajstić information content (AvgIpc) is 2.62. The third kappa shape index (κ3) is 5.89. The van der Waals surface area contributed by atoms with Crippen LogP contribution in [0.3, 0.4) is 0 Å². The molecule has 0 aliphatic heterocycles. The monoisotopic (exact) mass is 380 g/mol. The summed E-state index contributed by atoms with van der Waals surface area (Å²) in [4.78, 5) is 12.2. The second kappa shape index (κ2) is 10.4. The fourth-order valence-electron chi connectivity index (χ4n) is 2.10. The van der Waals surface area contributed by atoms with Gasteiger partial charge in [-0.1, -0.05) is 48.2 Å². The van der Waals surface area contributed by atoms with E-state index in [1.807, 2.05) is 0 Å². The van der Waals surface area contributed by atoms with Crippen molar-refractivity contribution in [1.29, 1.82) is 0 Å². The van der Waals surface area contributed by atoms with Crippen molar-refractivity contribution in [2.75, 3.05) is 13.7 Å². The standard InChI is InChI=1S/C20H19F3O4/c1-3-4-5-6-10-13-17(24)14-15-27-18(25)19(26-2,20(21,22)23)16-11-8-7-9-12-16/h3-4,7-9,11-12,17,24H,14-15H2,1-2H3/b4-3+/t17-,19+/m0/s1. The number of methoxy groups -OCH3 is 1. The zero-order valence-corrected chi connectivity index (χ0v) is 14.8. The molecule has 0 aliphatic carbocycles. The van der Waals surface area contributed by atoms with E-state index in [0.29, 0.717) is 0 Å². The maximum Gasteiger partial charge on any atom is 0.432 e. The largest absolute Gasteiger partial charge is 0.463 e. The van der Waals surface area contributed by atoms with Crippen molar-refractivity contribution in [3.63, 3.8) is 0 Å². The number of allylic oxidation sites excluding steroid dienone is 2. The maximum absolute atomic E-state index is 13.6. The summed E-state index contributed by atoms with van der Waals surface area (Å²) >= 11 is 0. The zero-order valence-electron chi connectivity index (χ0n) is 14.8. The molecule has 2 atom stereocenters. The Balaban J connectivity index is 2.84. The molecule has 4 nitrogen and oxygen atoms in total. The molecular formula is C20H19F3O4. The Bertz CT molecular complexity index is 764. The molecule has 1 N–H and O–H groups in total. The molecule has 0 aliphatic rings. The van der Waals surface area contributed by atoms with Crippen molar-refractivity contribution < 1.29 is 32.5 Å². The molecular weight excluding hydrogens is 361 g/mol. The number of aliphatic hydroxyl groups is 1. The quantitative estimate of drug-likeness (QED) is 0.609. The number of carbonyl (C=O) groups excluding carboxylic acids is 1. The van der Waals surface area contributed by atoms with Crippen LogP contribution in [0.15, 0.2) is 42.5 Å². The Kier molecular flexibility index (Phi) is 8.61. The van der Waals surface area contributed by atoms with Crippen LogP contribution in [0.25, 0.3) is 0 Å². The molecule has 0 bridgehead atoms. The van der Waals surface area contributed by atoms with E-state index in [0.717, 1.165) is 19.2 Å². The van der Waals surface area contributed by atoms with Crippen molar-refractivity contribution >= 4 is 5.97 Å². The predicted molar refractivity (Wildman–Crippen MR) is 93.1 cm³/mol. The number of benzene rings is 1. The Morgan fingerprint density at radius 2 is 1.93 bits per heavy atom. The van der Waals surface area contributed by atoms with Crippen molar-refractivity contribution in [1.82, 2.24) is 0 Å². The van der Waals surface area contributed by atoms with Crippen LogP contribution >= 0.6 is 0 Å². The molecule has 0 unspecified atom stereocenters. The SMILES string of the molecule is C/C=C/C#CC#C[C@H](O)CCOC(=O)[C@](OC)(c1ccccc1)C(F)(F)F. The Morgan fingerprint density at radius 3 is 2.48 bits per heavy atom. The molecule has 1 aromatic rings. The molecule has 0 heterocycles. The fraction of sp³-hybridized carbons (Fsp3) is 0.350. The van der Waals surface area contributed by atoms with Gasteiger partial charge in [0.05, 0.1) is 6.61 Å². The first-order chi connectivity index (χ1) is 12.8. The average molecular weight is 380 g/mol. The minimum Gasteiger partial charge on any atom is -0.463 e. The van der Waals surface area contributed by atoms with Crippen LogP contribution in [0.2, 0.25) is 0 Å². The first-order valence-electron chi connectivity index (χ1n) is 7.94. The molecule has 0 amide bonds. The van der Waals surface area contributed by atoms with Gasteiger partial charge in [0, 0.05) is 19.1 Å². The molecule has 0 spiro atoms. The van der Waals surface area contributed by atoms with Crippen LogP contribution < -0.4 is 0 Å². The van der Waals surface area contributed by atoms with E-state index < -0.39 is 36.0 Å². The number of hydrogen-bond acceptors (Lipinski definition) is 4. The normalized spacial score (nSPS) is 14.3. The van der Waals surface area contributed by atoms with Crippen LogP contribution in [-0.4, -0.2) is 37.1 Å². The number of aliphatic hydroxyl groups excluding tert-OH is 1. The van der Waals surface area contributed by atoms with E-state index in [4.69, 9.17) is 4.74 Å². The fourth-order valence-corrected chi connectivity index (χ4v) is 2.10. The first-order valence-corrected chi connectivity index (χ1v) is 7.94. The summed E-state index contributed by atoms with van der Waals surface area (Å²) in [6.07, 6.45) is -3.14. The van der Waals surface area contributed by atoms with Gasteiger partial charge in [0.25, 0.3) is 5.60 Å². The minimum atomic E-state index is -5.04. The number of ether oxygens (including phenoxy) is 2. The van der Waals surface area contributed by atoms with Gasteiger partial charge in [0.15, 0.2) is 0 Å². The summed E-state index contributed by atoms with van der Waals surface area (Å²) < 4.78 is 50.3. The lowest BCUT2D eigenvalue weighted by atomic mass is 9.93. The van der Waals surface area contributed by atoms with E-state index in [1.165, 1.54) is 18.2 Å². The van der Waals surface area contributed by atoms with Crippen LogP contribution in [-0.2, 0) is 19.9 Å². The summed E-state index contributed by atoms with van der Waals surface area (Å²) in [7, 11) is 0.783. The van der Waals surface area contributed by atoms with Crippen molar-refractivity contribution in [2.24, 2.45) is 0 Å². The topological polar surface area (TPSA) is 55.8 Å². The Labute approximate surface area is 156 Å². The molecule has 27 heavy (non-hydrogen) atoms. The second-order valence-electron chi connectivity index (χ2n) is 5.23. The van der Waals surface area contributed by atoms with Gasteiger partial charge in [-0.15, -0.1) is 0 Å². The molecule has 144 valence electrons. The van der Waals surface area contributed by atoms with E-state index in [2.05, 4.69) is 28.4 Å². The molecule has 1 rings (SSSR count). The lowest BCUT2D eigenvalue weighted by molar-refractivity contribution is -0.276. The molecule has 0 saturated heterocycles. The lowest BCUT2D eigenvalue weighted by Gasteiger charge is -2.32. The van der Waals surface area contributed by atoms with Gasteiger partial charge in [0.2, 0.25) is 0 Å². The Morgan fingerprint density at radius 1 is 1.26 bits per heavy atom. The van der Waals surface area contributed by atoms with Crippen LogP contribution in [0, 0.1) is 23.7 Å². The highest BCUT2D eigenvalue weighted by molar-refractivity contribution is 5.82. The highest BCUT2D eigenvalue weighted by Gasteiger charge is 2.64. The molecule has 0 fully saturated rings. The smallest absolute Gasteiger partial charge is 0.432 e. The number of halogens is 3. The van der Waals surface area contributed by atoms with Crippen molar-refractivity contribution in [3.8, 4) is 23.7 Å². The number of carbonyl (C=O) groups is 1. The number of esters is 1. The van der Waals surface area contributed by atoms with E-state index in [9.17, 15) is 23.1 Å². The van der Waals surface area contributed by atoms with Crippen LogP contribution in [0.5, 0.6) is 0 Å². The number of rotatable bonds is 6. The number of alkyl halides is 3. The van der Waals surface area contributed by atoms with E-state index in [-0.39, 0.29) is 6.42 Å². The van der Waals surface area contributed by atoms with E-state index in [1.54, 1.807) is 19.1 Å². The predicted octanol–water partition coefficient (Wildman–Crippen LogP) is 2.97. The van der Waals surface area contributed by atoms with Gasteiger partial charge in [-0.05, 0) is 24.8 Å². The van der Waals surface area contributed by atoms with Crippen molar-refractivity contribution in [2.45, 2.75) is 31.2 Å². The molecule has 0 radical (unpaired) electrons.